The Hall–Kier alpha value is -2.48. The summed E-state index contributed by atoms with van der Waals surface area (Å²) in [5.74, 6) is 0. The van der Waals surface area contributed by atoms with Crippen LogP contribution in [0.2, 0.25) is 0 Å². The van der Waals surface area contributed by atoms with Gasteiger partial charge in [0.2, 0.25) is 0 Å². The Kier molecular flexibility index (Phi) is 13.6. The summed E-state index contributed by atoms with van der Waals surface area (Å²) in [5, 5.41) is 5.39. The molecule has 0 radical (unpaired) electrons. The van der Waals surface area contributed by atoms with Crippen molar-refractivity contribution in [3.63, 3.8) is 0 Å². The second kappa shape index (κ2) is 16.4. The van der Waals surface area contributed by atoms with Crippen molar-refractivity contribution in [3.05, 3.63) is 150 Å². The number of halogens is 2. The first-order valence-electron chi connectivity index (χ1n) is 11.7. The second-order valence-electron chi connectivity index (χ2n) is 8.19. The predicted octanol–water partition coefficient (Wildman–Crippen LogP) is 1.84. The van der Waals surface area contributed by atoms with Gasteiger partial charge in [0.25, 0.3) is 0 Å². The Morgan fingerprint density at radius 2 is 1.19 bits per heavy atom. The van der Waals surface area contributed by atoms with Crippen molar-refractivity contribution in [3.8, 4) is 0 Å². The van der Waals surface area contributed by atoms with Crippen LogP contribution in [0.3, 0.4) is 0 Å². The van der Waals surface area contributed by atoms with Gasteiger partial charge in [-0.2, -0.15) is 11.6 Å². The number of hydrogen-bond donors (Lipinski definition) is 0. The minimum absolute atomic E-state index is 0. The van der Waals surface area contributed by atoms with Crippen LogP contribution in [-0.2, 0) is 29.0 Å². The minimum atomic E-state index is 0. The van der Waals surface area contributed by atoms with Gasteiger partial charge in [-0.15, -0.1) is 46.2 Å². The number of hydrogen-bond acceptors (Lipinski definition) is 1. The normalized spacial score (nSPS) is 11.3. The molecule has 0 fully saturated rings. The molecular formula is C33H28Cl2OZr-2. The molecule has 0 spiro atoms. The van der Waals surface area contributed by atoms with Crippen LogP contribution < -0.4 is 24.8 Å². The monoisotopic (exact) mass is 600 g/mol. The average Bonchev–Trinajstić information content (AvgIpc) is 3.58. The number of methoxy groups -OCH3 is 1. The van der Waals surface area contributed by atoms with E-state index in [0.717, 1.165) is 13.0 Å². The van der Waals surface area contributed by atoms with Crippen molar-refractivity contribution < 1.29 is 53.8 Å². The van der Waals surface area contributed by atoms with Gasteiger partial charge < -0.3 is 29.6 Å². The van der Waals surface area contributed by atoms with Gasteiger partial charge >= 0.3 is 99.2 Å². The Balaban J connectivity index is 0.000000197. The Bertz CT molecular complexity index is 1350. The average molecular weight is 603 g/mol. The summed E-state index contributed by atoms with van der Waals surface area (Å²) in [5.41, 5.74) is 3.90. The zero-order valence-electron chi connectivity index (χ0n) is 20.7. The number of ether oxygens (including phenoxy) is 1. The van der Waals surface area contributed by atoms with Gasteiger partial charge in [0, 0.05) is 13.7 Å². The van der Waals surface area contributed by atoms with E-state index < -0.39 is 0 Å². The molecular weight excluding hydrogens is 574 g/mol. The van der Waals surface area contributed by atoms with Crippen LogP contribution in [0.4, 0.5) is 0 Å². The fraction of sp³-hybridized carbons (Fsp3) is 0.0909. The van der Waals surface area contributed by atoms with Crippen LogP contribution >= 0.6 is 0 Å². The molecule has 5 aromatic rings. The number of fused-ring (bicyclic) bond motifs is 3. The summed E-state index contributed by atoms with van der Waals surface area (Å²) in [4.78, 5) is 0. The number of allylic oxidation sites excluding steroid dienone is 2. The van der Waals surface area contributed by atoms with Crippen LogP contribution in [0.5, 0.6) is 0 Å². The SMILES string of the molecule is COCC1=CC[C-]=C1.[Cl-].[Cl-].[Zr+2]=[C](c1ccccc1)c1ccccc1.c1ccc2c(c1)[cH-]c1ccccc12. The molecule has 0 bridgehead atoms. The molecule has 0 aliphatic heterocycles. The summed E-state index contributed by atoms with van der Waals surface area (Å²) < 4.78 is 6.30. The van der Waals surface area contributed by atoms with E-state index in [0.29, 0.717) is 0 Å². The van der Waals surface area contributed by atoms with Gasteiger partial charge in [0.15, 0.2) is 0 Å². The third-order valence-electron chi connectivity index (χ3n) is 5.73. The molecule has 1 aliphatic rings. The van der Waals surface area contributed by atoms with Crippen molar-refractivity contribution in [2.24, 2.45) is 0 Å². The molecule has 186 valence electrons. The smallest absolute Gasteiger partial charge is 0.0771 e. The predicted molar refractivity (Wildman–Crippen MR) is 146 cm³/mol. The largest absolute Gasteiger partial charge is 0.126 e. The van der Waals surface area contributed by atoms with Gasteiger partial charge in [0.05, 0.1) is 0 Å². The third kappa shape index (κ3) is 8.80. The van der Waals surface area contributed by atoms with Gasteiger partial charge in [-0.1, -0.05) is 36.4 Å². The molecule has 6 rings (SSSR count). The minimum Gasteiger partial charge on any atom is -0.126 e. The van der Waals surface area contributed by atoms with E-state index in [1.165, 1.54) is 65.7 Å². The van der Waals surface area contributed by atoms with E-state index >= 15 is 0 Å². The van der Waals surface area contributed by atoms with Crippen LogP contribution in [0.25, 0.3) is 21.5 Å². The standard InChI is InChI=1S/C13H9.C13H10.C7H9O.2ClH.Zr/c1-3-7-12-10(5-1)9-11-6-2-4-8-13(11)12;1-3-7-12(8-4-1)11-13-9-5-2-6-10-13;1-8-6-7-4-2-3-5-7;;;/h1-9H;1-10H;4-5H,2,6H2,1H3;2*1H;/q-1;;-1;;;+2/p-2. The van der Waals surface area contributed by atoms with Crippen LogP contribution in [-0.4, -0.2) is 16.9 Å². The molecule has 0 heterocycles. The first-order chi connectivity index (χ1) is 17.3. The maximum Gasteiger partial charge on any atom is -0.0771 e. The molecule has 0 N–H and O–H groups in total. The van der Waals surface area contributed by atoms with E-state index in [-0.39, 0.29) is 24.8 Å². The molecule has 5 aromatic carbocycles. The van der Waals surface area contributed by atoms with Gasteiger partial charge in [0.1, 0.15) is 0 Å². The Morgan fingerprint density at radius 3 is 1.62 bits per heavy atom. The fourth-order valence-electron chi connectivity index (χ4n) is 3.99. The molecule has 37 heavy (non-hydrogen) atoms. The summed E-state index contributed by atoms with van der Waals surface area (Å²) >= 11 is 1.46. The van der Waals surface area contributed by atoms with Gasteiger partial charge in [-0.25, -0.2) is 6.08 Å². The van der Waals surface area contributed by atoms with E-state index in [1.54, 1.807) is 7.11 Å². The zero-order chi connectivity index (χ0) is 24.3. The van der Waals surface area contributed by atoms with Crippen molar-refractivity contribution >= 4 is 24.8 Å². The zero-order valence-corrected chi connectivity index (χ0v) is 24.7. The number of benzene rings is 4. The summed E-state index contributed by atoms with van der Waals surface area (Å²) in [7, 11) is 1.70. The first kappa shape index (κ1) is 30.7. The maximum absolute atomic E-state index is 4.89. The molecule has 4 heteroatoms. The van der Waals surface area contributed by atoms with Crippen molar-refractivity contribution in [1.29, 1.82) is 0 Å². The van der Waals surface area contributed by atoms with E-state index in [1.807, 2.05) is 6.08 Å². The van der Waals surface area contributed by atoms with Crippen LogP contribution in [0, 0.1) is 6.08 Å². The van der Waals surface area contributed by atoms with Crippen molar-refractivity contribution in [2.75, 3.05) is 13.7 Å². The number of rotatable bonds is 4. The molecule has 0 unspecified atom stereocenters. The first-order valence-corrected chi connectivity index (χ1v) is 13.0. The second-order valence-corrected chi connectivity index (χ2v) is 9.42. The van der Waals surface area contributed by atoms with Gasteiger partial charge in [-0.3, -0.25) is 6.08 Å². The van der Waals surface area contributed by atoms with Gasteiger partial charge in [-0.05, 0) is 0 Å². The van der Waals surface area contributed by atoms with Crippen molar-refractivity contribution in [1.82, 2.24) is 0 Å². The van der Waals surface area contributed by atoms with E-state index in [4.69, 9.17) is 4.74 Å². The van der Waals surface area contributed by atoms with Crippen LogP contribution in [0.15, 0.2) is 133 Å². The topological polar surface area (TPSA) is 9.23 Å². The van der Waals surface area contributed by atoms with Crippen molar-refractivity contribution in [2.45, 2.75) is 6.42 Å². The molecule has 0 amide bonds. The summed E-state index contributed by atoms with van der Waals surface area (Å²) in [6, 6.07) is 40.4. The summed E-state index contributed by atoms with van der Waals surface area (Å²) in [6.45, 7) is 0.729. The molecule has 0 saturated carbocycles. The molecule has 0 aromatic heterocycles. The van der Waals surface area contributed by atoms with E-state index in [2.05, 4.69) is 127 Å². The molecule has 1 aliphatic carbocycles. The molecule has 0 atom stereocenters. The van der Waals surface area contributed by atoms with Crippen LogP contribution in [0.1, 0.15) is 17.5 Å². The molecule has 0 saturated heterocycles. The fourth-order valence-corrected chi connectivity index (χ4v) is 4.81. The maximum atomic E-state index is 4.89. The molecule has 1 nitrogen and oxygen atoms in total. The van der Waals surface area contributed by atoms with E-state index in [9.17, 15) is 0 Å². The quantitative estimate of drug-likeness (QED) is 0.286. The summed E-state index contributed by atoms with van der Waals surface area (Å²) in [6.07, 6.45) is 8.11. The Morgan fingerprint density at radius 1 is 0.730 bits per heavy atom. The Labute approximate surface area is 247 Å². The third-order valence-corrected chi connectivity index (χ3v) is 7.15.